The second-order valence-electron chi connectivity index (χ2n) is 6.37. The van der Waals surface area contributed by atoms with E-state index in [0.717, 1.165) is 31.1 Å². The van der Waals surface area contributed by atoms with Gasteiger partial charge in [-0.25, -0.2) is 9.97 Å². The lowest BCUT2D eigenvalue weighted by molar-refractivity contribution is 0.789. The van der Waals surface area contributed by atoms with Crippen LogP contribution in [0.1, 0.15) is 29.7 Å². The van der Waals surface area contributed by atoms with E-state index >= 15 is 0 Å². The van der Waals surface area contributed by atoms with Crippen LogP contribution in [0.25, 0.3) is 11.0 Å². The van der Waals surface area contributed by atoms with Gasteiger partial charge in [-0.3, -0.25) is 0 Å². The highest BCUT2D eigenvalue weighted by atomic mass is 15.2. The first kappa shape index (κ1) is 14.2. The molecule has 0 bridgehead atoms. The monoisotopic (exact) mass is 306 g/mol. The van der Waals surface area contributed by atoms with Gasteiger partial charge in [0.2, 0.25) is 0 Å². The topological polar surface area (TPSA) is 34.0 Å². The lowest BCUT2D eigenvalue weighted by Crippen LogP contribution is -2.19. The molecule has 1 saturated heterocycles. The summed E-state index contributed by atoms with van der Waals surface area (Å²) in [5.74, 6) is 1.11. The van der Waals surface area contributed by atoms with Crippen LogP contribution in [-0.2, 0) is 6.54 Å². The van der Waals surface area contributed by atoms with Crippen LogP contribution in [0.15, 0.2) is 36.7 Å². The molecule has 4 heteroatoms. The van der Waals surface area contributed by atoms with Crippen LogP contribution in [0.2, 0.25) is 0 Å². The predicted molar refractivity (Wildman–Crippen MR) is 94.0 cm³/mol. The van der Waals surface area contributed by atoms with E-state index in [1.54, 1.807) is 6.33 Å². The fourth-order valence-corrected chi connectivity index (χ4v) is 3.58. The van der Waals surface area contributed by atoms with Crippen molar-refractivity contribution in [1.29, 1.82) is 0 Å². The molecule has 3 aromatic rings. The lowest BCUT2D eigenvalue weighted by atomic mass is 10.2. The average molecular weight is 306 g/mol. The summed E-state index contributed by atoms with van der Waals surface area (Å²) in [6, 6.07) is 10.6. The average Bonchev–Trinajstić information content (AvgIpc) is 3.20. The highest BCUT2D eigenvalue weighted by Crippen LogP contribution is 2.32. The quantitative estimate of drug-likeness (QED) is 0.740. The summed E-state index contributed by atoms with van der Waals surface area (Å²) in [6.07, 6.45) is 4.23. The molecule has 2 aromatic heterocycles. The van der Waals surface area contributed by atoms with Crippen LogP contribution in [0.4, 0.5) is 5.82 Å². The second-order valence-corrected chi connectivity index (χ2v) is 6.37. The fourth-order valence-electron chi connectivity index (χ4n) is 3.58. The van der Waals surface area contributed by atoms with E-state index in [4.69, 9.17) is 0 Å². The summed E-state index contributed by atoms with van der Waals surface area (Å²) in [7, 11) is 0. The molecule has 1 aliphatic rings. The first-order valence-electron chi connectivity index (χ1n) is 8.35. The van der Waals surface area contributed by atoms with E-state index in [1.165, 1.54) is 35.0 Å². The SMILES string of the molecule is Cc1c(C)n(Cc2ccccc2)c2ncnc(N3CCCC3)c12. The van der Waals surface area contributed by atoms with Gasteiger partial charge in [-0.05, 0) is 37.8 Å². The number of anilines is 1. The Hall–Kier alpha value is -2.36. The Morgan fingerprint density at radius 3 is 2.48 bits per heavy atom. The van der Waals surface area contributed by atoms with Crippen molar-refractivity contribution in [2.45, 2.75) is 33.2 Å². The molecule has 0 unspecified atom stereocenters. The smallest absolute Gasteiger partial charge is 0.146 e. The Balaban J connectivity index is 1.86. The molecule has 118 valence electrons. The van der Waals surface area contributed by atoms with Gasteiger partial charge < -0.3 is 9.47 Å². The summed E-state index contributed by atoms with van der Waals surface area (Å²) >= 11 is 0. The van der Waals surface area contributed by atoms with Crippen LogP contribution in [-0.4, -0.2) is 27.6 Å². The number of nitrogens with zero attached hydrogens (tertiary/aromatic N) is 4. The van der Waals surface area contributed by atoms with Gasteiger partial charge in [0.05, 0.1) is 5.39 Å². The van der Waals surface area contributed by atoms with E-state index in [-0.39, 0.29) is 0 Å². The molecule has 0 amide bonds. The molecule has 1 aromatic carbocycles. The maximum absolute atomic E-state index is 4.62. The van der Waals surface area contributed by atoms with Gasteiger partial charge in [0.15, 0.2) is 0 Å². The van der Waals surface area contributed by atoms with E-state index in [2.05, 4.69) is 63.6 Å². The van der Waals surface area contributed by atoms with E-state index in [0.29, 0.717) is 0 Å². The van der Waals surface area contributed by atoms with Crippen LogP contribution >= 0.6 is 0 Å². The number of fused-ring (bicyclic) bond motifs is 1. The molecular formula is C19H22N4. The van der Waals surface area contributed by atoms with Crippen LogP contribution in [0.5, 0.6) is 0 Å². The summed E-state index contributed by atoms with van der Waals surface area (Å²) in [6.45, 7) is 7.45. The van der Waals surface area contributed by atoms with Crippen LogP contribution < -0.4 is 4.90 Å². The minimum absolute atomic E-state index is 0.855. The number of rotatable bonds is 3. The third-order valence-electron chi connectivity index (χ3n) is 4.97. The molecule has 0 N–H and O–H groups in total. The zero-order valence-electron chi connectivity index (χ0n) is 13.8. The van der Waals surface area contributed by atoms with E-state index in [1.807, 2.05) is 0 Å². The Kier molecular flexibility index (Phi) is 3.52. The fraction of sp³-hybridized carbons (Fsp3) is 0.368. The number of aryl methyl sites for hydroxylation is 1. The molecule has 1 fully saturated rings. The molecule has 0 atom stereocenters. The standard InChI is InChI=1S/C19H22N4/c1-14-15(2)23(12-16-8-4-3-5-9-16)19-17(14)18(20-13-21-19)22-10-6-7-11-22/h3-5,8-9,13H,6-7,10-12H2,1-2H3. The summed E-state index contributed by atoms with van der Waals surface area (Å²) in [4.78, 5) is 11.6. The normalized spacial score (nSPS) is 14.8. The van der Waals surface area contributed by atoms with Gasteiger partial charge in [-0.2, -0.15) is 0 Å². The van der Waals surface area contributed by atoms with Gasteiger partial charge in [-0.15, -0.1) is 0 Å². The minimum atomic E-state index is 0.855. The maximum Gasteiger partial charge on any atom is 0.146 e. The maximum atomic E-state index is 4.62. The number of aromatic nitrogens is 3. The highest BCUT2D eigenvalue weighted by molar-refractivity contribution is 5.92. The van der Waals surface area contributed by atoms with Crippen molar-refractivity contribution in [3.05, 3.63) is 53.5 Å². The molecule has 3 heterocycles. The molecule has 0 spiro atoms. The van der Waals surface area contributed by atoms with Crippen LogP contribution in [0.3, 0.4) is 0 Å². The zero-order chi connectivity index (χ0) is 15.8. The Bertz CT molecular complexity index is 829. The Morgan fingerprint density at radius 1 is 1.00 bits per heavy atom. The molecule has 1 aliphatic heterocycles. The van der Waals surface area contributed by atoms with Crippen molar-refractivity contribution in [3.8, 4) is 0 Å². The molecule has 0 radical (unpaired) electrons. The third kappa shape index (κ3) is 2.38. The summed E-state index contributed by atoms with van der Waals surface area (Å²) < 4.78 is 2.32. The number of benzene rings is 1. The van der Waals surface area contributed by atoms with Gasteiger partial charge >= 0.3 is 0 Å². The number of hydrogen-bond acceptors (Lipinski definition) is 3. The summed E-state index contributed by atoms with van der Waals surface area (Å²) in [5, 5.41) is 1.22. The second kappa shape index (κ2) is 5.69. The molecule has 4 nitrogen and oxygen atoms in total. The largest absolute Gasteiger partial charge is 0.356 e. The molecular weight excluding hydrogens is 284 g/mol. The van der Waals surface area contributed by atoms with Crippen molar-refractivity contribution in [2.75, 3.05) is 18.0 Å². The minimum Gasteiger partial charge on any atom is -0.356 e. The summed E-state index contributed by atoms with van der Waals surface area (Å²) in [5.41, 5.74) is 4.94. The Labute approximate surface area is 136 Å². The third-order valence-corrected chi connectivity index (χ3v) is 4.97. The van der Waals surface area contributed by atoms with Crippen molar-refractivity contribution >= 4 is 16.9 Å². The molecule has 0 aliphatic carbocycles. The lowest BCUT2D eigenvalue weighted by Gasteiger charge is -2.17. The molecule has 23 heavy (non-hydrogen) atoms. The van der Waals surface area contributed by atoms with Gasteiger partial charge in [0.1, 0.15) is 17.8 Å². The van der Waals surface area contributed by atoms with Crippen molar-refractivity contribution < 1.29 is 0 Å². The van der Waals surface area contributed by atoms with E-state index < -0.39 is 0 Å². The van der Waals surface area contributed by atoms with Crippen molar-refractivity contribution in [2.24, 2.45) is 0 Å². The van der Waals surface area contributed by atoms with E-state index in [9.17, 15) is 0 Å². The predicted octanol–water partition coefficient (Wildman–Crippen LogP) is 3.70. The highest BCUT2D eigenvalue weighted by Gasteiger charge is 2.21. The first-order valence-corrected chi connectivity index (χ1v) is 8.35. The van der Waals surface area contributed by atoms with Crippen molar-refractivity contribution in [3.63, 3.8) is 0 Å². The first-order chi connectivity index (χ1) is 11.3. The van der Waals surface area contributed by atoms with Gasteiger partial charge in [0, 0.05) is 25.3 Å². The van der Waals surface area contributed by atoms with Crippen molar-refractivity contribution in [1.82, 2.24) is 14.5 Å². The Morgan fingerprint density at radius 2 is 1.74 bits per heavy atom. The number of hydrogen-bond donors (Lipinski definition) is 0. The van der Waals surface area contributed by atoms with Gasteiger partial charge in [-0.1, -0.05) is 30.3 Å². The van der Waals surface area contributed by atoms with Crippen LogP contribution in [0, 0.1) is 13.8 Å². The molecule has 0 saturated carbocycles. The molecule has 4 rings (SSSR count). The zero-order valence-corrected chi connectivity index (χ0v) is 13.8. The van der Waals surface area contributed by atoms with Gasteiger partial charge in [0.25, 0.3) is 0 Å².